The Morgan fingerprint density at radius 1 is 0.970 bits per heavy atom. The highest BCUT2D eigenvalue weighted by Gasteiger charge is 2.57. The summed E-state index contributed by atoms with van der Waals surface area (Å²) in [5.41, 5.74) is 4.69. The first-order valence-corrected chi connectivity index (χ1v) is 13.3. The molecule has 4 fully saturated rings. The van der Waals surface area contributed by atoms with E-state index in [4.69, 9.17) is 9.72 Å². The lowest BCUT2D eigenvalue weighted by Gasteiger charge is -2.58. The van der Waals surface area contributed by atoms with Crippen LogP contribution in [0, 0.1) is 28.6 Å². The number of hydrogen-bond acceptors (Lipinski definition) is 4. The number of aromatic hydroxyl groups is 1. The van der Waals surface area contributed by atoms with Crippen molar-refractivity contribution in [2.75, 3.05) is 6.61 Å². The topological polar surface area (TPSA) is 42.4 Å². The minimum absolute atomic E-state index is 0.0440. The number of hydrogen-bond donors (Lipinski definition) is 1. The lowest BCUT2D eigenvalue weighted by atomic mass is 9.45. The Morgan fingerprint density at radius 2 is 1.67 bits per heavy atom. The molecular formula is C29H31NO2S. The van der Waals surface area contributed by atoms with Crippen LogP contribution in [-0.2, 0) is 4.74 Å². The molecule has 3 nitrogen and oxygen atoms in total. The van der Waals surface area contributed by atoms with Crippen molar-refractivity contribution in [1.82, 2.24) is 4.98 Å². The molecule has 0 radical (unpaired) electrons. The van der Waals surface area contributed by atoms with Crippen molar-refractivity contribution >= 4 is 27.3 Å². The standard InChI is InChI=1S/C29H31NO2S/c1-28(2)16-32-25(26(28)29-13-17-9-18(14-29)11-19(10-17)15-29)20-7-8-21(23(31)12-20)27-30-22-5-3-4-6-24(22)33-27/h3-8,12,17-19,31H,9-11,13-16H2,1-2H3. The fraction of sp³-hybridized carbons (Fsp3) is 0.483. The highest BCUT2D eigenvalue weighted by atomic mass is 32.1. The van der Waals surface area contributed by atoms with Gasteiger partial charge in [0.05, 0.1) is 22.4 Å². The zero-order chi connectivity index (χ0) is 22.4. The van der Waals surface area contributed by atoms with Gasteiger partial charge in [0.25, 0.3) is 0 Å². The minimum Gasteiger partial charge on any atom is -0.507 e. The summed E-state index contributed by atoms with van der Waals surface area (Å²) >= 11 is 1.63. The van der Waals surface area contributed by atoms with Crippen molar-refractivity contribution in [3.8, 4) is 16.3 Å². The Bertz CT molecular complexity index is 1230. The molecule has 4 aliphatic carbocycles. The number of phenolic OH excluding ortho intramolecular Hbond substituents is 1. The average Bonchev–Trinajstić information content (AvgIpc) is 3.33. The monoisotopic (exact) mass is 457 g/mol. The van der Waals surface area contributed by atoms with Gasteiger partial charge in [-0.25, -0.2) is 4.98 Å². The van der Waals surface area contributed by atoms with Gasteiger partial charge in [-0.15, -0.1) is 11.3 Å². The third kappa shape index (κ3) is 3.02. The number of ether oxygens (including phenoxy) is 1. The van der Waals surface area contributed by atoms with Crippen LogP contribution < -0.4 is 0 Å². The maximum Gasteiger partial charge on any atom is 0.128 e. The molecule has 2 aromatic carbocycles. The van der Waals surface area contributed by atoms with Gasteiger partial charge in [-0.3, -0.25) is 0 Å². The van der Waals surface area contributed by atoms with Gasteiger partial charge in [-0.05, 0) is 91.5 Å². The van der Waals surface area contributed by atoms with E-state index in [9.17, 15) is 5.11 Å². The zero-order valence-electron chi connectivity index (χ0n) is 19.4. The molecule has 8 rings (SSSR count). The Labute approximate surface area is 199 Å². The van der Waals surface area contributed by atoms with Crippen molar-refractivity contribution in [1.29, 1.82) is 0 Å². The SMILES string of the molecule is CC1(C)COC(c2ccc(-c3nc4ccccc4s3)c(O)c2)=C1C12CC3CC(CC(C3)C1)C2. The molecule has 1 aromatic heterocycles. The van der Waals surface area contributed by atoms with Gasteiger partial charge in [0.15, 0.2) is 0 Å². The van der Waals surface area contributed by atoms with Crippen molar-refractivity contribution in [3.05, 3.63) is 53.6 Å². The summed E-state index contributed by atoms with van der Waals surface area (Å²) in [6.45, 7) is 5.46. The summed E-state index contributed by atoms with van der Waals surface area (Å²) < 4.78 is 7.60. The third-order valence-electron chi connectivity index (χ3n) is 8.83. The Balaban J connectivity index is 1.32. The van der Waals surface area contributed by atoms with E-state index < -0.39 is 0 Å². The number of benzene rings is 2. The van der Waals surface area contributed by atoms with Crippen LogP contribution in [0.4, 0.5) is 0 Å². The van der Waals surface area contributed by atoms with Crippen LogP contribution in [0.25, 0.3) is 26.5 Å². The predicted octanol–water partition coefficient (Wildman–Crippen LogP) is 7.65. The number of para-hydroxylation sites is 1. The average molecular weight is 458 g/mol. The van der Waals surface area contributed by atoms with E-state index in [1.165, 1.54) is 38.5 Å². The van der Waals surface area contributed by atoms with Gasteiger partial charge in [0, 0.05) is 11.0 Å². The molecule has 3 aromatic rings. The quantitative estimate of drug-likeness (QED) is 0.439. The molecule has 4 bridgehead atoms. The van der Waals surface area contributed by atoms with E-state index in [1.807, 2.05) is 30.3 Å². The molecule has 4 heteroatoms. The molecule has 0 atom stereocenters. The molecular weight excluding hydrogens is 426 g/mol. The van der Waals surface area contributed by atoms with E-state index in [-0.39, 0.29) is 11.2 Å². The van der Waals surface area contributed by atoms with E-state index in [1.54, 1.807) is 16.9 Å². The van der Waals surface area contributed by atoms with Crippen LogP contribution in [0.5, 0.6) is 5.75 Å². The molecule has 0 amide bonds. The van der Waals surface area contributed by atoms with Gasteiger partial charge in [0.2, 0.25) is 0 Å². The summed E-state index contributed by atoms with van der Waals surface area (Å²) in [6.07, 6.45) is 8.34. The van der Waals surface area contributed by atoms with Crippen molar-refractivity contribution in [2.24, 2.45) is 28.6 Å². The lowest BCUT2D eigenvalue weighted by Crippen LogP contribution is -2.49. The highest BCUT2D eigenvalue weighted by Crippen LogP contribution is 2.67. The summed E-state index contributed by atoms with van der Waals surface area (Å²) in [6, 6.07) is 14.2. The molecule has 0 spiro atoms. The zero-order valence-corrected chi connectivity index (χ0v) is 20.3. The molecule has 2 heterocycles. The third-order valence-corrected chi connectivity index (χ3v) is 9.90. The van der Waals surface area contributed by atoms with Crippen LogP contribution in [0.2, 0.25) is 0 Å². The molecule has 4 saturated carbocycles. The largest absolute Gasteiger partial charge is 0.507 e. The summed E-state index contributed by atoms with van der Waals surface area (Å²) in [4.78, 5) is 4.75. The predicted molar refractivity (Wildman–Crippen MR) is 134 cm³/mol. The fourth-order valence-electron chi connectivity index (χ4n) is 8.15. The van der Waals surface area contributed by atoms with E-state index in [2.05, 4.69) is 26.0 Å². The van der Waals surface area contributed by atoms with Crippen molar-refractivity contribution in [3.63, 3.8) is 0 Å². The second kappa shape index (κ2) is 6.85. The summed E-state index contributed by atoms with van der Waals surface area (Å²) in [5, 5.41) is 11.9. The van der Waals surface area contributed by atoms with Gasteiger partial charge in [-0.1, -0.05) is 32.0 Å². The first-order valence-electron chi connectivity index (χ1n) is 12.5. The number of phenols is 1. The van der Waals surface area contributed by atoms with Gasteiger partial charge < -0.3 is 9.84 Å². The minimum atomic E-state index is 0.0440. The number of rotatable bonds is 3. The summed E-state index contributed by atoms with van der Waals surface area (Å²) in [7, 11) is 0. The number of nitrogens with zero attached hydrogens (tertiary/aromatic N) is 1. The highest BCUT2D eigenvalue weighted by molar-refractivity contribution is 7.21. The van der Waals surface area contributed by atoms with Gasteiger partial charge in [0.1, 0.15) is 16.5 Å². The number of fused-ring (bicyclic) bond motifs is 1. The van der Waals surface area contributed by atoms with Crippen LogP contribution >= 0.6 is 11.3 Å². The summed E-state index contributed by atoms with van der Waals surface area (Å²) in [5.74, 6) is 4.04. The molecule has 1 N–H and O–H groups in total. The molecule has 0 unspecified atom stereocenters. The maximum atomic E-state index is 11.1. The van der Waals surface area contributed by atoms with Crippen LogP contribution in [0.3, 0.4) is 0 Å². The van der Waals surface area contributed by atoms with E-state index in [0.29, 0.717) is 5.41 Å². The smallest absolute Gasteiger partial charge is 0.128 e. The fourth-order valence-corrected chi connectivity index (χ4v) is 9.15. The number of thiazole rings is 1. The number of aromatic nitrogens is 1. The maximum absolute atomic E-state index is 11.1. The van der Waals surface area contributed by atoms with Crippen molar-refractivity contribution in [2.45, 2.75) is 52.4 Å². The molecule has 5 aliphatic rings. The van der Waals surface area contributed by atoms with Gasteiger partial charge in [-0.2, -0.15) is 0 Å². The van der Waals surface area contributed by atoms with E-state index >= 15 is 0 Å². The second-order valence-corrected chi connectivity index (χ2v) is 12.8. The van der Waals surface area contributed by atoms with Crippen LogP contribution in [0.15, 0.2) is 48.0 Å². The molecule has 170 valence electrons. The van der Waals surface area contributed by atoms with Gasteiger partial charge >= 0.3 is 0 Å². The Morgan fingerprint density at radius 3 is 2.33 bits per heavy atom. The molecule has 33 heavy (non-hydrogen) atoms. The molecule has 1 aliphatic heterocycles. The molecule has 0 saturated heterocycles. The van der Waals surface area contributed by atoms with Crippen LogP contribution in [-0.4, -0.2) is 16.7 Å². The Kier molecular flexibility index (Phi) is 4.17. The first-order chi connectivity index (χ1) is 15.9. The first kappa shape index (κ1) is 20.1. The lowest BCUT2D eigenvalue weighted by molar-refractivity contribution is -0.0381. The normalized spacial score (nSPS) is 32.0. The van der Waals surface area contributed by atoms with Crippen molar-refractivity contribution < 1.29 is 9.84 Å². The Hall–Kier alpha value is -2.33. The second-order valence-electron chi connectivity index (χ2n) is 11.8. The van der Waals surface area contributed by atoms with Crippen LogP contribution in [0.1, 0.15) is 57.9 Å². The van der Waals surface area contributed by atoms with E-state index in [0.717, 1.165) is 56.5 Å².